The number of rotatable bonds is 4. The van der Waals surface area contributed by atoms with Crippen LogP contribution in [-0.4, -0.2) is 0 Å². The molecule has 0 spiro atoms. The van der Waals surface area contributed by atoms with Gasteiger partial charge in [0.1, 0.15) is 0 Å². The van der Waals surface area contributed by atoms with E-state index in [1.807, 2.05) is 13.8 Å². The number of anilines is 3. The molecule has 0 amide bonds. The summed E-state index contributed by atoms with van der Waals surface area (Å²) in [6.45, 7) is 10.6. The standard InChI is InChI=1S/C26H25N.C2H6/c1-19(2)21-13-17-24(18-14-21)27(23-15-11-20(3)12-16-23)26-10-6-8-22-7-4-5-9-25(22)26;1-2/h4-19H,1-3H3;1-2H3. The summed E-state index contributed by atoms with van der Waals surface area (Å²) in [5, 5.41) is 2.51. The van der Waals surface area contributed by atoms with E-state index in [9.17, 15) is 0 Å². The van der Waals surface area contributed by atoms with Crippen molar-refractivity contribution in [2.24, 2.45) is 0 Å². The molecule has 0 aliphatic heterocycles. The first-order chi connectivity index (χ1) is 14.1. The van der Waals surface area contributed by atoms with Crippen LogP contribution in [-0.2, 0) is 0 Å². The van der Waals surface area contributed by atoms with Crippen LogP contribution in [0.25, 0.3) is 10.8 Å². The predicted octanol–water partition coefficient (Wildman–Crippen LogP) is 8.77. The van der Waals surface area contributed by atoms with E-state index in [2.05, 4.69) is 117 Å². The van der Waals surface area contributed by atoms with E-state index in [0.717, 1.165) is 0 Å². The molecular weight excluding hydrogens is 350 g/mol. The second-order valence-corrected chi connectivity index (χ2v) is 7.42. The smallest absolute Gasteiger partial charge is 0.0540 e. The molecule has 4 aromatic carbocycles. The summed E-state index contributed by atoms with van der Waals surface area (Å²) < 4.78 is 0. The topological polar surface area (TPSA) is 3.24 Å². The van der Waals surface area contributed by atoms with Crippen LogP contribution in [0.1, 0.15) is 44.7 Å². The van der Waals surface area contributed by atoms with Crippen LogP contribution in [0.15, 0.2) is 91.0 Å². The lowest BCUT2D eigenvalue weighted by atomic mass is 10.0. The normalized spacial score (nSPS) is 10.6. The summed E-state index contributed by atoms with van der Waals surface area (Å²) in [5.41, 5.74) is 6.19. The molecule has 0 radical (unpaired) electrons. The maximum Gasteiger partial charge on any atom is 0.0540 e. The molecule has 0 saturated carbocycles. The van der Waals surface area contributed by atoms with Gasteiger partial charge in [0, 0.05) is 16.8 Å². The molecule has 0 aliphatic carbocycles. The van der Waals surface area contributed by atoms with E-state index in [1.165, 1.54) is 39.0 Å². The van der Waals surface area contributed by atoms with Crippen molar-refractivity contribution in [2.75, 3.05) is 4.90 Å². The molecule has 0 unspecified atom stereocenters. The zero-order chi connectivity index (χ0) is 20.8. The van der Waals surface area contributed by atoms with Crippen molar-refractivity contribution in [2.45, 2.75) is 40.5 Å². The van der Waals surface area contributed by atoms with Crippen LogP contribution < -0.4 is 4.90 Å². The number of fused-ring (bicyclic) bond motifs is 1. The van der Waals surface area contributed by atoms with Gasteiger partial charge < -0.3 is 4.90 Å². The Labute approximate surface area is 175 Å². The first-order valence-electron chi connectivity index (χ1n) is 10.6. The van der Waals surface area contributed by atoms with Gasteiger partial charge in [-0.15, -0.1) is 0 Å². The second-order valence-electron chi connectivity index (χ2n) is 7.42. The van der Waals surface area contributed by atoms with E-state index in [1.54, 1.807) is 0 Å². The zero-order valence-corrected chi connectivity index (χ0v) is 18.2. The first kappa shape index (κ1) is 20.7. The second kappa shape index (κ2) is 9.43. The molecule has 0 atom stereocenters. The van der Waals surface area contributed by atoms with Crippen LogP contribution in [0, 0.1) is 6.92 Å². The summed E-state index contributed by atoms with van der Waals surface area (Å²) in [4.78, 5) is 2.35. The number of nitrogens with zero attached hydrogens (tertiary/aromatic N) is 1. The Balaban J connectivity index is 0.00000117. The highest BCUT2D eigenvalue weighted by molar-refractivity contribution is 5.98. The molecule has 0 saturated heterocycles. The van der Waals surface area contributed by atoms with E-state index in [-0.39, 0.29) is 0 Å². The predicted molar refractivity (Wildman–Crippen MR) is 129 cm³/mol. The monoisotopic (exact) mass is 381 g/mol. The van der Waals surface area contributed by atoms with Gasteiger partial charge in [0.2, 0.25) is 0 Å². The number of aryl methyl sites for hydroxylation is 1. The SMILES string of the molecule is CC.Cc1ccc(N(c2ccc(C(C)C)cc2)c2cccc3ccccc23)cc1. The van der Waals surface area contributed by atoms with Crippen molar-refractivity contribution in [3.8, 4) is 0 Å². The summed E-state index contributed by atoms with van der Waals surface area (Å²) in [6.07, 6.45) is 0. The molecular formula is C28H31N. The van der Waals surface area contributed by atoms with Gasteiger partial charge in [-0.2, -0.15) is 0 Å². The fourth-order valence-electron chi connectivity index (χ4n) is 3.53. The Morgan fingerprint density at radius 2 is 1.17 bits per heavy atom. The summed E-state index contributed by atoms with van der Waals surface area (Å²) in [7, 11) is 0. The molecule has 0 N–H and O–H groups in total. The Morgan fingerprint density at radius 1 is 0.621 bits per heavy atom. The lowest BCUT2D eigenvalue weighted by Crippen LogP contribution is -2.10. The third kappa shape index (κ3) is 4.51. The van der Waals surface area contributed by atoms with E-state index < -0.39 is 0 Å². The van der Waals surface area contributed by atoms with Crippen molar-refractivity contribution in [3.05, 3.63) is 102 Å². The molecule has 0 aliphatic rings. The Hall–Kier alpha value is -3.06. The van der Waals surface area contributed by atoms with Gasteiger partial charge in [-0.25, -0.2) is 0 Å². The minimum Gasteiger partial charge on any atom is -0.310 e. The molecule has 0 heterocycles. The van der Waals surface area contributed by atoms with Gasteiger partial charge in [0.05, 0.1) is 5.69 Å². The van der Waals surface area contributed by atoms with Crippen molar-refractivity contribution in [1.82, 2.24) is 0 Å². The fraction of sp³-hybridized carbons (Fsp3) is 0.214. The summed E-state index contributed by atoms with van der Waals surface area (Å²) >= 11 is 0. The summed E-state index contributed by atoms with van der Waals surface area (Å²) in [5.74, 6) is 0.532. The molecule has 29 heavy (non-hydrogen) atoms. The van der Waals surface area contributed by atoms with Gasteiger partial charge in [-0.3, -0.25) is 0 Å². The van der Waals surface area contributed by atoms with Crippen LogP contribution in [0.2, 0.25) is 0 Å². The highest BCUT2D eigenvalue weighted by Crippen LogP contribution is 2.39. The third-order valence-corrected chi connectivity index (χ3v) is 5.12. The molecule has 4 aromatic rings. The van der Waals surface area contributed by atoms with Gasteiger partial charge >= 0.3 is 0 Å². The lowest BCUT2D eigenvalue weighted by molar-refractivity contribution is 0.866. The fourth-order valence-corrected chi connectivity index (χ4v) is 3.53. The Morgan fingerprint density at radius 3 is 1.79 bits per heavy atom. The molecule has 0 bridgehead atoms. The lowest BCUT2D eigenvalue weighted by Gasteiger charge is -2.27. The van der Waals surface area contributed by atoms with Crippen LogP contribution >= 0.6 is 0 Å². The van der Waals surface area contributed by atoms with E-state index in [0.29, 0.717) is 5.92 Å². The highest BCUT2D eigenvalue weighted by Gasteiger charge is 2.15. The maximum absolute atomic E-state index is 2.35. The van der Waals surface area contributed by atoms with E-state index in [4.69, 9.17) is 0 Å². The van der Waals surface area contributed by atoms with Crippen LogP contribution in [0.3, 0.4) is 0 Å². The van der Waals surface area contributed by atoms with Crippen molar-refractivity contribution in [1.29, 1.82) is 0 Å². The highest BCUT2D eigenvalue weighted by atomic mass is 15.1. The summed E-state index contributed by atoms with van der Waals surface area (Å²) in [6, 6.07) is 32.8. The van der Waals surface area contributed by atoms with Gasteiger partial charge in [0.25, 0.3) is 0 Å². The number of benzene rings is 4. The minimum absolute atomic E-state index is 0.532. The van der Waals surface area contributed by atoms with Gasteiger partial charge in [0.15, 0.2) is 0 Å². The molecule has 1 nitrogen and oxygen atoms in total. The van der Waals surface area contributed by atoms with E-state index >= 15 is 0 Å². The average molecular weight is 382 g/mol. The van der Waals surface area contributed by atoms with Crippen molar-refractivity contribution >= 4 is 27.8 Å². The van der Waals surface area contributed by atoms with Crippen molar-refractivity contribution in [3.63, 3.8) is 0 Å². The third-order valence-electron chi connectivity index (χ3n) is 5.12. The van der Waals surface area contributed by atoms with Crippen LogP contribution in [0.4, 0.5) is 17.1 Å². The molecule has 0 aromatic heterocycles. The van der Waals surface area contributed by atoms with Gasteiger partial charge in [-0.1, -0.05) is 93.9 Å². The molecule has 0 fully saturated rings. The molecule has 148 valence electrons. The zero-order valence-electron chi connectivity index (χ0n) is 18.2. The number of hydrogen-bond acceptors (Lipinski definition) is 1. The Bertz CT molecular complexity index is 1040. The largest absolute Gasteiger partial charge is 0.310 e. The quantitative estimate of drug-likeness (QED) is 0.341. The Kier molecular flexibility index (Phi) is 6.72. The van der Waals surface area contributed by atoms with Gasteiger partial charge in [-0.05, 0) is 54.1 Å². The maximum atomic E-state index is 2.35. The minimum atomic E-state index is 0.532. The van der Waals surface area contributed by atoms with Crippen molar-refractivity contribution < 1.29 is 0 Å². The average Bonchev–Trinajstić information content (AvgIpc) is 2.77. The molecule has 1 heteroatoms. The van der Waals surface area contributed by atoms with Crippen LogP contribution in [0.5, 0.6) is 0 Å². The first-order valence-corrected chi connectivity index (χ1v) is 10.6. The molecule has 4 rings (SSSR count). The number of hydrogen-bond donors (Lipinski definition) is 0.